The average molecular weight is 451 g/mol. The molecule has 27 heavy (non-hydrogen) atoms. The smallest absolute Gasteiger partial charge is 0.338 e. The Hall–Kier alpha value is -2.67. The molecule has 0 radical (unpaired) electrons. The van der Waals surface area contributed by atoms with Crippen molar-refractivity contribution >= 4 is 43.5 Å². The molecule has 0 bridgehead atoms. The van der Waals surface area contributed by atoms with Crippen molar-refractivity contribution in [2.45, 2.75) is 4.90 Å². The number of carbonyl (C=O) groups excluding carboxylic acids is 2. The highest BCUT2D eigenvalue weighted by atomic mass is 79.9. The molecule has 0 aliphatic rings. The van der Waals surface area contributed by atoms with Gasteiger partial charge in [-0.05, 0) is 46.3 Å². The van der Waals surface area contributed by atoms with E-state index < -0.39 is 28.5 Å². The first-order valence-electron chi connectivity index (χ1n) is 7.58. The van der Waals surface area contributed by atoms with E-state index in [1.54, 1.807) is 24.3 Å². The van der Waals surface area contributed by atoms with Crippen LogP contribution in [0.3, 0.4) is 0 Å². The Labute approximate surface area is 165 Å². The third kappa shape index (κ3) is 5.92. The standard InChI is InChI=1S/C18H15BrN2O5S/c1-2-10-20-27(24,25)14-7-5-6-13(11-14)18(23)26-12-17(22)21-16-9-4-3-8-15(16)19/h1,3-9,11,20H,10,12H2,(H,21,22). The molecule has 0 saturated carbocycles. The first-order chi connectivity index (χ1) is 12.8. The Bertz CT molecular complexity index is 999. The number of sulfonamides is 1. The molecule has 2 rings (SSSR count). The molecule has 2 N–H and O–H groups in total. The van der Waals surface area contributed by atoms with Crippen molar-refractivity contribution in [3.05, 3.63) is 58.6 Å². The van der Waals surface area contributed by atoms with Gasteiger partial charge >= 0.3 is 5.97 Å². The second kappa shape index (κ2) is 9.32. The molecule has 2 aromatic carbocycles. The van der Waals surface area contributed by atoms with E-state index in [2.05, 4.69) is 31.9 Å². The summed E-state index contributed by atoms with van der Waals surface area (Å²) in [6.45, 7) is -0.696. The molecule has 7 nitrogen and oxygen atoms in total. The van der Waals surface area contributed by atoms with Gasteiger partial charge in [-0.25, -0.2) is 13.2 Å². The van der Waals surface area contributed by atoms with Crippen LogP contribution in [-0.4, -0.2) is 33.4 Å². The van der Waals surface area contributed by atoms with Crippen LogP contribution in [0, 0.1) is 12.3 Å². The molecule has 0 aromatic heterocycles. The number of hydrogen-bond acceptors (Lipinski definition) is 5. The predicted molar refractivity (Wildman–Crippen MR) is 104 cm³/mol. The molecule has 2 aromatic rings. The predicted octanol–water partition coefficient (Wildman–Crippen LogP) is 2.16. The topological polar surface area (TPSA) is 102 Å². The fraction of sp³-hybridized carbons (Fsp3) is 0.111. The highest BCUT2D eigenvalue weighted by Gasteiger charge is 2.17. The second-order valence-electron chi connectivity index (χ2n) is 5.16. The summed E-state index contributed by atoms with van der Waals surface area (Å²) in [5.41, 5.74) is 0.526. The van der Waals surface area contributed by atoms with E-state index in [4.69, 9.17) is 11.2 Å². The van der Waals surface area contributed by atoms with Crippen LogP contribution in [0.1, 0.15) is 10.4 Å². The summed E-state index contributed by atoms with van der Waals surface area (Å²) >= 11 is 3.29. The number of ether oxygens (including phenoxy) is 1. The number of halogens is 1. The zero-order valence-corrected chi connectivity index (χ0v) is 16.3. The number of terminal acetylenes is 1. The third-order valence-electron chi connectivity index (χ3n) is 3.23. The maximum atomic E-state index is 12.1. The molecule has 0 spiro atoms. The molecule has 9 heteroatoms. The number of carbonyl (C=O) groups is 2. The third-order valence-corrected chi connectivity index (χ3v) is 5.32. The molecule has 0 aliphatic carbocycles. The van der Waals surface area contributed by atoms with Crippen molar-refractivity contribution in [1.29, 1.82) is 0 Å². The van der Waals surface area contributed by atoms with Gasteiger partial charge in [-0.1, -0.05) is 24.1 Å². The number of anilines is 1. The number of rotatable bonds is 7. The minimum Gasteiger partial charge on any atom is -0.452 e. The van der Waals surface area contributed by atoms with E-state index in [-0.39, 0.29) is 17.0 Å². The summed E-state index contributed by atoms with van der Waals surface area (Å²) < 4.78 is 31.9. The number of nitrogens with one attached hydrogen (secondary N) is 2. The Morgan fingerprint density at radius 1 is 1.15 bits per heavy atom. The van der Waals surface area contributed by atoms with E-state index >= 15 is 0 Å². The van der Waals surface area contributed by atoms with Gasteiger partial charge in [0.25, 0.3) is 5.91 Å². The van der Waals surface area contributed by atoms with Gasteiger partial charge in [-0.2, -0.15) is 4.72 Å². The zero-order chi connectivity index (χ0) is 19.9. The maximum Gasteiger partial charge on any atom is 0.338 e. The monoisotopic (exact) mass is 450 g/mol. The number of esters is 1. The van der Waals surface area contributed by atoms with E-state index in [0.29, 0.717) is 10.2 Å². The minimum atomic E-state index is -3.84. The van der Waals surface area contributed by atoms with Gasteiger partial charge in [0, 0.05) is 4.47 Å². The van der Waals surface area contributed by atoms with E-state index in [1.165, 1.54) is 18.2 Å². The lowest BCUT2D eigenvalue weighted by molar-refractivity contribution is -0.119. The van der Waals surface area contributed by atoms with E-state index in [9.17, 15) is 18.0 Å². The summed E-state index contributed by atoms with van der Waals surface area (Å²) in [6, 6.07) is 12.2. The molecule has 0 atom stereocenters. The van der Waals surface area contributed by atoms with Crippen LogP contribution >= 0.6 is 15.9 Å². The molecule has 0 aliphatic heterocycles. The van der Waals surface area contributed by atoms with Crippen LogP contribution in [0.25, 0.3) is 0 Å². The normalized spacial score (nSPS) is 10.7. The van der Waals surface area contributed by atoms with Crippen molar-refractivity contribution in [1.82, 2.24) is 4.72 Å². The van der Waals surface area contributed by atoms with Gasteiger partial charge in [-0.15, -0.1) is 6.42 Å². The summed E-state index contributed by atoms with van der Waals surface area (Å²) in [5.74, 6) is 0.798. The number of amides is 1. The summed E-state index contributed by atoms with van der Waals surface area (Å²) in [6.07, 6.45) is 5.03. The van der Waals surface area contributed by atoms with E-state index in [0.717, 1.165) is 6.07 Å². The molecule has 0 fully saturated rings. The maximum absolute atomic E-state index is 12.1. The Balaban J connectivity index is 2.00. The minimum absolute atomic E-state index is 0.00715. The second-order valence-corrected chi connectivity index (χ2v) is 7.78. The first kappa shape index (κ1) is 20.6. The van der Waals surface area contributed by atoms with Gasteiger partial charge in [0.1, 0.15) is 0 Å². The summed E-state index contributed by atoms with van der Waals surface area (Å²) in [4.78, 5) is 23.9. The number of hydrogen-bond donors (Lipinski definition) is 2. The number of benzene rings is 2. The Kier molecular flexibility index (Phi) is 7.12. The van der Waals surface area contributed by atoms with Crippen LogP contribution < -0.4 is 10.0 Å². The van der Waals surface area contributed by atoms with Gasteiger partial charge in [0.05, 0.1) is 22.7 Å². The molecule has 0 heterocycles. The molecule has 1 amide bonds. The van der Waals surface area contributed by atoms with Crippen LogP contribution in [0.5, 0.6) is 0 Å². The Morgan fingerprint density at radius 3 is 2.59 bits per heavy atom. The lowest BCUT2D eigenvalue weighted by atomic mass is 10.2. The van der Waals surface area contributed by atoms with Crippen molar-refractivity contribution < 1.29 is 22.7 Å². The number of para-hydroxylation sites is 1. The van der Waals surface area contributed by atoms with Crippen LogP contribution in [0.2, 0.25) is 0 Å². The highest BCUT2D eigenvalue weighted by molar-refractivity contribution is 9.10. The molecule has 0 saturated heterocycles. The van der Waals surface area contributed by atoms with Gasteiger partial charge < -0.3 is 10.1 Å². The van der Waals surface area contributed by atoms with Crippen molar-refractivity contribution in [3.8, 4) is 12.3 Å². The van der Waals surface area contributed by atoms with Gasteiger partial charge in [-0.3, -0.25) is 4.79 Å². The molecule has 0 unspecified atom stereocenters. The molecular formula is C18H15BrN2O5S. The van der Waals surface area contributed by atoms with Crippen LogP contribution in [0.4, 0.5) is 5.69 Å². The zero-order valence-electron chi connectivity index (χ0n) is 13.9. The lowest BCUT2D eigenvalue weighted by Gasteiger charge is -2.09. The van der Waals surface area contributed by atoms with Crippen molar-refractivity contribution in [2.24, 2.45) is 0 Å². The summed E-state index contributed by atoms with van der Waals surface area (Å²) in [7, 11) is -3.84. The van der Waals surface area contributed by atoms with Crippen molar-refractivity contribution in [3.63, 3.8) is 0 Å². The Morgan fingerprint density at radius 2 is 1.89 bits per heavy atom. The van der Waals surface area contributed by atoms with Gasteiger partial charge in [0.2, 0.25) is 10.0 Å². The fourth-order valence-electron chi connectivity index (χ4n) is 1.97. The first-order valence-corrected chi connectivity index (χ1v) is 9.86. The lowest BCUT2D eigenvalue weighted by Crippen LogP contribution is -2.24. The van der Waals surface area contributed by atoms with Crippen LogP contribution in [-0.2, 0) is 19.6 Å². The quantitative estimate of drug-likeness (QED) is 0.497. The summed E-state index contributed by atoms with van der Waals surface area (Å²) in [5, 5.41) is 2.59. The largest absolute Gasteiger partial charge is 0.452 e. The van der Waals surface area contributed by atoms with Gasteiger partial charge in [0.15, 0.2) is 6.61 Å². The SMILES string of the molecule is C#CCNS(=O)(=O)c1cccc(C(=O)OCC(=O)Nc2ccccc2Br)c1. The average Bonchev–Trinajstić information content (AvgIpc) is 2.66. The van der Waals surface area contributed by atoms with Crippen molar-refractivity contribution in [2.75, 3.05) is 18.5 Å². The van der Waals surface area contributed by atoms with E-state index in [1.807, 2.05) is 0 Å². The van der Waals surface area contributed by atoms with Crippen LogP contribution in [0.15, 0.2) is 57.9 Å². The fourth-order valence-corrected chi connectivity index (χ4v) is 3.34. The molecular weight excluding hydrogens is 436 g/mol. The molecule has 140 valence electrons. The highest BCUT2D eigenvalue weighted by Crippen LogP contribution is 2.21.